The quantitative estimate of drug-likeness (QED) is 0.725. The highest BCUT2D eigenvalue weighted by atomic mass is 16.3. The number of nitrogens with zero attached hydrogens (tertiary/aromatic N) is 5. The number of likely N-dealkylation sites (N-methyl/N-ethyl adjacent to an activating group) is 1. The molecule has 7 nitrogen and oxygen atoms in total. The molecule has 2 aromatic heterocycles. The van der Waals surface area contributed by atoms with Crippen LogP contribution in [0.2, 0.25) is 0 Å². The van der Waals surface area contributed by atoms with Gasteiger partial charge in [-0.05, 0) is 52.1 Å². The van der Waals surface area contributed by atoms with Gasteiger partial charge in [0.2, 0.25) is 0 Å². The van der Waals surface area contributed by atoms with Gasteiger partial charge in [-0.1, -0.05) is 17.7 Å². The summed E-state index contributed by atoms with van der Waals surface area (Å²) in [6, 6.07) is 12.0. The molecule has 1 fully saturated rings. The van der Waals surface area contributed by atoms with Crippen molar-refractivity contribution >= 4 is 5.91 Å². The first kappa shape index (κ1) is 20.3. The van der Waals surface area contributed by atoms with Crippen molar-refractivity contribution in [2.45, 2.75) is 26.5 Å². The van der Waals surface area contributed by atoms with E-state index in [1.807, 2.05) is 66.8 Å². The lowest BCUT2D eigenvalue weighted by Crippen LogP contribution is -2.60. The zero-order valence-electron chi connectivity index (χ0n) is 17.8. The zero-order chi connectivity index (χ0) is 21.5. The second-order valence-electron chi connectivity index (χ2n) is 8.21. The normalized spacial score (nSPS) is 19.8. The van der Waals surface area contributed by atoms with E-state index < -0.39 is 5.72 Å². The highest BCUT2D eigenvalue weighted by Crippen LogP contribution is 2.25. The Bertz CT molecular complexity index is 991. The predicted octanol–water partition coefficient (Wildman–Crippen LogP) is 2.65. The van der Waals surface area contributed by atoms with Crippen LogP contribution in [0.15, 0.2) is 48.8 Å². The Kier molecular flexibility index (Phi) is 5.17. The van der Waals surface area contributed by atoms with E-state index in [0.29, 0.717) is 24.6 Å². The molecule has 1 atom stereocenters. The van der Waals surface area contributed by atoms with Crippen molar-refractivity contribution in [2.24, 2.45) is 0 Å². The molecular weight excluding hydrogens is 378 g/mol. The van der Waals surface area contributed by atoms with Gasteiger partial charge in [0.25, 0.3) is 5.91 Å². The topological polar surface area (TPSA) is 74.5 Å². The third kappa shape index (κ3) is 3.86. The SMILES string of the molecule is Cc1ccc(-n2cc(C(=O)N3CCN(C)C(C)(O)C3)nc2-c2ccc(C)nc2)cc1. The number of benzene rings is 1. The van der Waals surface area contributed by atoms with Crippen molar-refractivity contribution in [1.29, 1.82) is 0 Å². The maximum atomic E-state index is 13.2. The van der Waals surface area contributed by atoms with Gasteiger partial charge in [0.15, 0.2) is 0 Å². The molecule has 0 bridgehead atoms. The van der Waals surface area contributed by atoms with E-state index in [2.05, 4.69) is 9.97 Å². The number of pyridine rings is 1. The molecule has 0 aliphatic carbocycles. The van der Waals surface area contributed by atoms with Gasteiger partial charge in [-0.15, -0.1) is 0 Å². The second kappa shape index (κ2) is 7.66. The maximum Gasteiger partial charge on any atom is 0.274 e. The molecule has 3 aromatic rings. The number of aryl methyl sites for hydroxylation is 2. The largest absolute Gasteiger partial charge is 0.374 e. The number of piperazine rings is 1. The van der Waals surface area contributed by atoms with Crippen LogP contribution >= 0.6 is 0 Å². The Balaban J connectivity index is 1.74. The Morgan fingerprint density at radius 2 is 1.83 bits per heavy atom. The van der Waals surface area contributed by atoms with Crippen molar-refractivity contribution < 1.29 is 9.90 Å². The number of carbonyl (C=O) groups is 1. The van der Waals surface area contributed by atoms with Gasteiger partial charge in [0.1, 0.15) is 17.2 Å². The lowest BCUT2D eigenvalue weighted by Gasteiger charge is -2.43. The number of hydrogen-bond donors (Lipinski definition) is 1. The molecule has 0 saturated carbocycles. The second-order valence-corrected chi connectivity index (χ2v) is 8.21. The van der Waals surface area contributed by atoms with Crippen LogP contribution in [0, 0.1) is 13.8 Å². The molecule has 1 aromatic carbocycles. The van der Waals surface area contributed by atoms with Gasteiger partial charge in [0.05, 0.1) is 6.54 Å². The van der Waals surface area contributed by atoms with Crippen LogP contribution in [0.25, 0.3) is 17.1 Å². The highest BCUT2D eigenvalue weighted by Gasteiger charge is 2.36. The van der Waals surface area contributed by atoms with Crippen molar-refractivity contribution in [3.05, 3.63) is 65.7 Å². The van der Waals surface area contributed by atoms with Crippen LogP contribution in [-0.4, -0.2) is 67.8 Å². The van der Waals surface area contributed by atoms with Crippen LogP contribution in [-0.2, 0) is 0 Å². The van der Waals surface area contributed by atoms with Crippen LogP contribution < -0.4 is 0 Å². The molecule has 1 amide bonds. The molecule has 4 rings (SSSR count). The number of β-amino-alcohol motifs (C(OH)–C–C–N with tert-alkyl or cyclic N) is 1. The number of amides is 1. The van der Waals surface area contributed by atoms with Crippen LogP contribution in [0.1, 0.15) is 28.7 Å². The standard InChI is InChI=1S/C23H27N5O2/c1-16-5-9-19(10-6-16)28-14-20(25-21(28)18-8-7-17(2)24-13-18)22(29)27-12-11-26(4)23(3,30)15-27/h5-10,13-14,30H,11-12,15H2,1-4H3. The zero-order valence-corrected chi connectivity index (χ0v) is 17.8. The Labute approximate surface area is 176 Å². The molecular formula is C23H27N5O2. The van der Waals surface area contributed by atoms with E-state index in [4.69, 9.17) is 0 Å². The van der Waals surface area contributed by atoms with Crippen molar-refractivity contribution in [3.8, 4) is 17.1 Å². The Hall–Kier alpha value is -3.03. The molecule has 30 heavy (non-hydrogen) atoms. The molecule has 0 spiro atoms. The number of carbonyl (C=O) groups excluding carboxylic acids is 1. The van der Waals surface area contributed by atoms with Gasteiger partial charge in [-0.25, -0.2) is 4.98 Å². The van der Waals surface area contributed by atoms with E-state index in [1.54, 1.807) is 24.2 Å². The molecule has 1 aliphatic heterocycles. The summed E-state index contributed by atoms with van der Waals surface area (Å²) in [5.74, 6) is 0.478. The molecule has 3 heterocycles. The summed E-state index contributed by atoms with van der Waals surface area (Å²) in [4.78, 5) is 25.8. The molecule has 1 aliphatic rings. The summed E-state index contributed by atoms with van der Waals surface area (Å²) < 4.78 is 1.92. The van der Waals surface area contributed by atoms with E-state index >= 15 is 0 Å². The Morgan fingerprint density at radius 1 is 1.10 bits per heavy atom. The van der Waals surface area contributed by atoms with Crippen molar-refractivity contribution in [3.63, 3.8) is 0 Å². The average molecular weight is 406 g/mol. The summed E-state index contributed by atoms with van der Waals surface area (Å²) >= 11 is 0. The minimum Gasteiger partial charge on any atom is -0.374 e. The summed E-state index contributed by atoms with van der Waals surface area (Å²) in [7, 11) is 1.86. The number of aromatic nitrogens is 3. The first-order valence-electron chi connectivity index (χ1n) is 10.1. The van der Waals surface area contributed by atoms with Crippen LogP contribution in [0.5, 0.6) is 0 Å². The number of imidazole rings is 1. The number of aliphatic hydroxyl groups is 1. The first-order valence-corrected chi connectivity index (χ1v) is 10.1. The fraction of sp³-hybridized carbons (Fsp3) is 0.348. The summed E-state index contributed by atoms with van der Waals surface area (Å²) in [6.07, 6.45) is 3.55. The summed E-state index contributed by atoms with van der Waals surface area (Å²) in [6.45, 7) is 7.08. The van der Waals surface area contributed by atoms with Gasteiger partial charge >= 0.3 is 0 Å². The highest BCUT2D eigenvalue weighted by molar-refractivity contribution is 5.93. The molecule has 156 valence electrons. The van der Waals surface area contributed by atoms with Gasteiger partial charge in [0, 0.05) is 42.4 Å². The fourth-order valence-electron chi connectivity index (χ4n) is 3.60. The van der Waals surface area contributed by atoms with E-state index in [0.717, 1.165) is 22.5 Å². The van der Waals surface area contributed by atoms with Crippen molar-refractivity contribution in [2.75, 3.05) is 26.7 Å². The van der Waals surface area contributed by atoms with E-state index in [-0.39, 0.29) is 12.5 Å². The van der Waals surface area contributed by atoms with Crippen LogP contribution in [0.4, 0.5) is 0 Å². The first-order chi connectivity index (χ1) is 14.2. The van der Waals surface area contributed by atoms with E-state index in [1.165, 1.54) is 0 Å². The molecule has 1 saturated heterocycles. The smallest absolute Gasteiger partial charge is 0.274 e. The minimum atomic E-state index is -1.06. The van der Waals surface area contributed by atoms with E-state index in [9.17, 15) is 9.90 Å². The molecule has 7 heteroatoms. The third-order valence-electron chi connectivity index (χ3n) is 5.71. The molecule has 1 N–H and O–H groups in total. The third-order valence-corrected chi connectivity index (χ3v) is 5.71. The number of hydrogen-bond acceptors (Lipinski definition) is 5. The monoisotopic (exact) mass is 405 g/mol. The van der Waals surface area contributed by atoms with Crippen molar-refractivity contribution in [1.82, 2.24) is 24.3 Å². The van der Waals surface area contributed by atoms with Gasteiger partial charge in [-0.3, -0.25) is 19.2 Å². The lowest BCUT2D eigenvalue weighted by molar-refractivity contribution is -0.118. The maximum absolute atomic E-state index is 13.2. The minimum absolute atomic E-state index is 0.185. The van der Waals surface area contributed by atoms with Gasteiger partial charge in [-0.2, -0.15) is 0 Å². The van der Waals surface area contributed by atoms with Crippen LogP contribution in [0.3, 0.4) is 0 Å². The average Bonchev–Trinajstić information content (AvgIpc) is 3.16. The predicted molar refractivity (Wildman–Crippen MR) is 115 cm³/mol. The molecule has 1 unspecified atom stereocenters. The summed E-state index contributed by atoms with van der Waals surface area (Å²) in [5, 5.41) is 10.6. The summed E-state index contributed by atoms with van der Waals surface area (Å²) in [5.41, 5.74) is 3.14. The number of rotatable bonds is 3. The lowest BCUT2D eigenvalue weighted by atomic mass is 10.1. The van der Waals surface area contributed by atoms with Gasteiger partial charge < -0.3 is 10.0 Å². The Morgan fingerprint density at radius 3 is 2.47 bits per heavy atom. The molecule has 0 radical (unpaired) electrons. The fourth-order valence-corrected chi connectivity index (χ4v) is 3.60.